The lowest BCUT2D eigenvalue weighted by Crippen LogP contribution is -2.46. The second-order valence-electron chi connectivity index (χ2n) is 12.0. The fourth-order valence-electron chi connectivity index (χ4n) is 6.19. The van der Waals surface area contributed by atoms with Crippen LogP contribution in [0.1, 0.15) is 65.6 Å². The summed E-state index contributed by atoms with van der Waals surface area (Å²) >= 11 is 6.18. The molecule has 11 heteroatoms. The van der Waals surface area contributed by atoms with Crippen molar-refractivity contribution in [3.8, 4) is 5.75 Å². The zero-order valence-electron chi connectivity index (χ0n) is 23.9. The lowest BCUT2D eigenvalue weighted by Gasteiger charge is -2.34. The van der Waals surface area contributed by atoms with Gasteiger partial charge in [0.05, 0.1) is 18.7 Å². The number of carbonyl (C=O) groups is 3. The van der Waals surface area contributed by atoms with Crippen LogP contribution >= 0.6 is 11.6 Å². The van der Waals surface area contributed by atoms with Crippen molar-refractivity contribution < 1.29 is 32.3 Å². The largest absolute Gasteiger partial charge is 0.496 e. The van der Waals surface area contributed by atoms with Crippen LogP contribution in [0.15, 0.2) is 36.4 Å². The van der Waals surface area contributed by atoms with Gasteiger partial charge in [-0.05, 0) is 74.1 Å². The number of piperidine rings is 1. The van der Waals surface area contributed by atoms with E-state index in [1.165, 1.54) is 6.07 Å². The number of likely N-dealkylation sites (tertiary alicyclic amines) is 2. The number of hydrogen-bond acceptors (Lipinski definition) is 4. The Kier molecular flexibility index (Phi) is 8.22. The average molecular weight is 606 g/mol. The maximum atomic E-state index is 13.7. The highest BCUT2D eigenvalue weighted by Gasteiger charge is 2.48. The highest BCUT2D eigenvalue weighted by molar-refractivity contribution is 6.30. The van der Waals surface area contributed by atoms with Gasteiger partial charge in [-0.25, -0.2) is 0 Å². The van der Waals surface area contributed by atoms with E-state index in [1.54, 1.807) is 11.0 Å². The molecule has 1 saturated carbocycles. The van der Waals surface area contributed by atoms with Gasteiger partial charge in [0, 0.05) is 54.0 Å². The standard InChI is InChI=1S/C31H35ClF3N3O4/c1-18-14-21(32)5-6-22(18)23-16-38(28(40)19-8-12-37(13-9-19)29(41)30(2)10-11-30)17-25(23)36-27(39)20-4-7-26(42-3)24(15-20)31(33,34)35/h4-7,14-15,19,23,25H,8-13,16-17H2,1-3H3,(H,36,39). The number of rotatable bonds is 6. The molecule has 2 unspecified atom stereocenters. The highest BCUT2D eigenvalue weighted by Crippen LogP contribution is 2.47. The molecule has 3 fully saturated rings. The van der Waals surface area contributed by atoms with Gasteiger partial charge in [-0.1, -0.05) is 24.6 Å². The molecule has 1 aliphatic carbocycles. The number of aryl methyl sites for hydroxylation is 1. The molecule has 2 aliphatic heterocycles. The van der Waals surface area contributed by atoms with Gasteiger partial charge in [-0.2, -0.15) is 13.2 Å². The molecule has 3 aliphatic rings. The third-order valence-corrected chi connectivity index (χ3v) is 9.23. The van der Waals surface area contributed by atoms with Gasteiger partial charge < -0.3 is 19.9 Å². The van der Waals surface area contributed by atoms with Crippen molar-refractivity contribution in [1.29, 1.82) is 0 Å². The van der Waals surface area contributed by atoms with E-state index in [0.29, 0.717) is 37.5 Å². The average Bonchev–Trinajstić information content (AvgIpc) is 3.58. The quantitative estimate of drug-likeness (QED) is 0.476. The Labute approximate surface area is 248 Å². The molecule has 2 atom stereocenters. The lowest BCUT2D eigenvalue weighted by molar-refractivity contribution is -0.142. The van der Waals surface area contributed by atoms with Gasteiger partial charge in [0.15, 0.2) is 0 Å². The number of alkyl halides is 3. The molecule has 2 saturated heterocycles. The second kappa shape index (κ2) is 11.4. The normalized spacial score (nSPS) is 22.2. The predicted octanol–water partition coefficient (Wildman–Crippen LogP) is 5.44. The molecule has 0 radical (unpaired) electrons. The molecule has 2 heterocycles. The van der Waals surface area contributed by atoms with E-state index in [9.17, 15) is 27.6 Å². The fourth-order valence-corrected chi connectivity index (χ4v) is 6.42. The predicted molar refractivity (Wildman–Crippen MR) is 151 cm³/mol. The Balaban J connectivity index is 1.33. The van der Waals surface area contributed by atoms with Crippen LogP contribution in [-0.4, -0.2) is 66.9 Å². The molecule has 5 rings (SSSR count). The number of amides is 3. The van der Waals surface area contributed by atoms with Gasteiger partial charge in [0.25, 0.3) is 5.91 Å². The smallest absolute Gasteiger partial charge is 0.419 e. The van der Waals surface area contributed by atoms with Crippen molar-refractivity contribution in [1.82, 2.24) is 15.1 Å². The van der Waals surface area contributed by atoms with Crippen molar-refractivity contribution in [2.24, 2.45) is 11.3 Å². The number of carbonyl (C=O) groups excluding carboxylic acids is 3. The second-order valence-corrected chi connectivity index (χ2v) is 12.4. The first-order chi connectivity index (χ1) is 19.8. The van der Waals surface area contributed by atoms with E-state index in [1.807, 2.05) is 30.9 Å². The minimum Gasteiger partial charge on any atom is -0.496 e. The number of halogens is 4. The van der Waals surface area contributed by atoms with Crippen molar-refractivity contribution in [3.63, 3.8) is 0 Å². The number of ether oxygens (including phenoxy) is 1. The number of benzene rings is 2. The Morgan fingerprint density at radius 3 is 2.31 bits per heavy atom. The third kappa shape index (κ3) is 6.09. The van der Waals surface area contributed by atoms with Crippen molar-refractivity contribution in [2.45, 2.75) is 57.7 Å². The van der Waals surface area contributed by atoms with Crippen LogP contribution in [0.25, 0.3) is 0 Å². The summed E-state index contributed by atoms with van der Waals surface area (Å²) < 4.78 is 45.7. The van der Waals surface area contributed by atoms with E-state index >= 15 is 0 Å². The summed E-state index contributed by atoms with van der Waals surface area (Å²) in [6.45, 7) is 5.53. The molecule has 2 aromatic rings. The van der Waals surface area contributed by atoms with Crippen LogP contribution < -0.4 is 10.1 Å². The summed E-state index contributed by atoms with van der Waals surface area (Å²) in [6.07, 6.45) is -1.73. The van der Waals surface area contributed by atoms with Gasteiger partial charge in [0.1, 0.15) is 5.75 Å². The monoisotopic (exact) mass is 605 g/mol. The number of methoxy groups -OCH3 is 1. The summed E-state index contributed by atoms with van der Waals surface area (Å²) in [4.78, 5) is 43.3. The van der Waals surface area contributed by atoms with Crippen LogP contribution in [0, 0.1) is 18.3 Å². The molecular weight excluding hydrogens is 571 g/mol. The summed E-state index contributed by atoms with van der Waals surface area (Å²) in [5.41, 5.74) is 0.368. The first kappa shape index (κ1) is 30.2. The van der Waals surface area contributed by atoms with Gasteiger partial charge >= 0.3 is 6.18 Å². The Morgan fingerprint density at radius 1 is 1.02 bits per heavy atom. The van der Waals surface area contributed by atoms with Gasteiger partial charge in [-0.15, -0.1) is 0 Å². The molecule has 0 aromatic heterocycles. The SMILES string of the molecule is COc1ccc(C(=O)NC2CN(C(=O)C3CCN(C(=O)C4(C)CC4)CC3)CC2c2ccc(Cl)cc2C)cc1C(F)(F)F. The number of nitrogens with one attached hydrogen (secondary N) is 1. The topological polar surface area (TPSA) is 79.0 Å². The van der Waals surface area contributed by atoms with Crippen LogP contribution in [0.5, 0.6) is 5.75 Å². The summed E-state index contributed by atoms with van der Waals surface area (Å²) in [7, 11) is 1.14. The summed E-state index contributed by atoms with van der Waals surface area (Å²) in [5.74, 6) is -1.42. The first-order valence-corrected chi connectivity index (χ1v) is 14.6. The maximum absolute atomic E-state index is 13.7. The zero-order valence-corrected chi connectivity index (χ0v) is 24.6. The van der Waals surface area contributed by atoms with Crippen molar-refractivity contribution in [3.05, 3.63) is 63.7 Å². The molecular formula is C31H35ClF3N3O4. The van der Waals surface area contributed by atoms with E-state index in [2.05, 4.69) is 5.32 Å². The van der Waals surface area contributed by atoms with Crippen LogP contribution in [0.3, 0.4) is 0 Å². The lowest BCUT2D eigenvalue weighted by atomic mass is 9.90. The number of nitrogens with zero attached hydrogens (tertiary/aromatic N) is 2. The molecule has 42 heavy (non-hydrogen) atoms. The summed E-state index contributed by atoms with van der Waals surface area (Å²) in [5, 5.41) is 3.47. The van der Waals surface area contributed by atoms with Crippen LogP contribution in [0.4, 0.5) is 13.2 Å². The van der Waals surface area contributed by atoms with Crippen LogP contribution in [-0.2, 0) is 15.8 Å². The molecule has 226 valence electrons. The Hall–Kier alpha value is -3.27. The molecule has 0 spiro atoms. The van der Waals surface area contributed by atoms with E-state index < -0.39 is 23.7 Å². The number of hydrogen-bond donors (Lipinski definition) is 1. The fraction of sp³-hybridized carbons (Fsp3) is 0.516. The van der Waals surface area contributed by atoms with Gasteiger partial charge in [-0.3, -0.25) is 14.4 Å². The van der Waals surface area contributed by atoms with Crippen molar-refractivity contribution in [2.75, 3.05) is 33.3 Å². The van der Waals surface area contributed by atoms with Crippen LogP contribution in [0.2, 0.25) is 5.02 Å². The molecule has 7 nitrogen and oxygen atoms in total. The van der Waals surface area contributed by atoms with E-state index in [-0.39, 0.29) is 46.9 Å². The first-order valence-electron chi connectivity index (χ1n) is 14.2. The van der Waals surface area contributed by atoms with Crippen molar-refractivity contribution >= 4 is 29.3 Å². The minimum absolute atomic E-state index is 0.0306. The minimum atomic E-state index is -4.70. The maximum Gasteiger partial charge on any atom is 0.419 e. The van der Waals surface area contributed by atoms with E-state index in [0.717, 1.165) is 43.2 Å². The molecule has 1 N–H and O–H groups in total. The molecule has 3 amide bonds. The van der Waals surface area contributed by atoms with E-state index in [4.69, 9.17) is 16.3 Å². The third-order valence-electron chi connectivity index (χ3n) is 8.99. The molecule has 2 aromatic carbocycles. The van der Waals surface area contributed by atoms with Gasteiger partial charge in [0.2, 0.25) is 11.8 Å². The Morgan fingerprint density at radius 2 is 1.71 bits per heavy atom. The zero-order chi connectivity index (χ0) is 30.4. The molecule has 0 bridgehead atoms. The summed E-state index contributed by atoms with van der Waals surface area (Å²) in [6, 6.07) is 8.10. The highest BCUT2D eigenvalue weighted by atomic mass is 35.5. The Bertz CT molecular complexity index is 1390.